The van der Waals surface area contributed by atoms with Gasteiger partial charge in [0.25, 0.3) is 5.91 Å². The second-order valence-electron chi connectivity index (χ2n) is 2.07. The highest BCUT2D eigenvalue weighted by Crippen LogP contribution is 2.14. The average molecular weight is 154 g/mol. The first-order chi connectivity index (χ1) is 5.13. The molecule has 0 saturated carbocycles. The summed E-state index contributed by atoms with van der Waals surface area (Å²) in [6, 6.07) is 3.92. The SMILES string of the molecule is NC(=O)c1cccc(F)c1N. The highest BCUT2D eigenvalue weighted by atomic mass is 19.1. The van der Waals surface area contributed by atoms with E-state index < -0.39 is 11.7 Å². The Kier molecular flexibility index (Phi) is 1.76. The molecule has 0 radical (unpaired) electrons. The van der Waals surface area contributed by atoms with Crippen molar-refractivity contribution in [1.29, 1.82) is 0 Å². The zero-order valence-corrected chi connectivity index (χ0v) is 5.67. The lowest BCUT2D eigenvalue weighted by Crippen LogP contribution is -2.14. The predicted molar refractivity (Wildman–Crippen MR) is 39.3 cm³/mol. The van der Waals surface area contributed by atoms with Crippen LogP contribution in [0, 0.1) is 5.82 Å². The molecule has 1 aromatic rings. The highest BCUT2D eigenvalue weighted by Gasteiger charge is 2.07. The molecule has 0 bridgehead atoms. The zero-order chi connectivity index (χ0) is 8.43. The Labute approximate surface area is 62.8 Å². The third-order valence-corrected chi connectivity index (χ3v) is 1.32. The minimum Gasteiger partial charge on any atom is -0.396 e. The van der Waals surface area contributed by atoms with Gasteiger partial charge in [-0.2, -0.15) is 0 Å². The average Bonchev–Trinajstić information content (AvgIpc) is 1.94. The van der Waals surface area contributed by atoms with Crippen LogP contribution in [0.25, 0.3) is 0 Å². The van der Waals surface area contributed by atoms with Crippen LogP contribution in [0.15, 0.2) is 18.2 Å². The number of carbonyl (C=O) groups excluding carboxylic acids is 1. The minimum atomic E-state index is -0.720. The van der Waals surface area contributed by atoms with Gasteiger partial charge in [0.1, 0.15) is 5.82 Å². The fraction of sp³-hybridized carbons (Fsp3) is 0. The summed E-state index contributed by atoms with van der Waals surface area (Å²) < 4.78 is 12.6. The number of carbonyl (C=O) groups is 1. The number of nitrogens with two attached hydrogens (primary N) is 2. The summed E-state index contributed by atoms with van der Waals surface area (Å²) in [4.78, 5) is 10.5. The molecule has 0 aromatic heterocycles. The molecule has 1 amide bonds. The number of halogens is 1. The molecule has 0 fully saturated rings. The molecule has 0 aliphatic carbocycles. The van der Waals surface area contributed by atoms with Crippen LogP contribution in [-0.4, -0.2) is 5.91 Å². The largest absolute Gasteiger partial charge is 0.396 e. The van der Waals surface area contributed by atoms with Crippen molar-refractivity contribution in [2.45, 2.75) is 0 Å². The molecule has 0 aliphatic heterocycles. The predicted octanol–water partition coefficient (Wildman–Crippen LogP) is 0.507. The smallest absolute Gasteiger partial charge is 0.250 e. The zero-order valence-electron chi connectivity index (χ0n) is 5.67. The number of nitrogen functional groups attached to an aromatic ring is 1. The van der Waals surface area contributed by atoms with E-state index in [1.54, 1.807) is 0 Å². The first-order valence-electron chi connectivity index (χ1n) is 2.96. The van der Waals surface area contributed by atoms with Gasteiger partial charge in [-0.15, -0.1) is 0 Å². The molecule has 0 unspecified atom stereocenters. The Hall–Kier alpha value is -1.58. The van der Waals surface area contributed by atoms with E-state index in [1.165, 1.54) is 18.2 Å². The molecule has 0 spiro atoms. The second-order valence-corrected chi connectivity index (χ2v) is 2.07. The van der Waals surface area contributed by atoms with Gasteiger partial charge in [0, 0.05) is 0 Å². The van der Waals surface area contributed by atoms with Crippen molar-refractivity contribution in [3.63, 3.8) is 0 Å². The number of anilines is 1. The third kappa shape index (κ3) is 1.29. The van der Waals surface area contributed by atoms with Gasteiger partial charge in [-0.25, -0.2) is 4.39 Å². The first kappa shape index (κ1) is 7.53. The van der Waals surface area contributed by atoms with Crippen LogP contribution in [0.3, 0.4) is 0 Å². The number of hydrogen-bond donors (Lipinski definition) is 2. The summed E-state index contributed by atoms with van der Waals surface area (Å²) >= 11 is 0. The molecule has 58 valence electrons. The number of primary amides is 1. The molecule has 1 rings (SSSR count). The molecular formula is C7H7FN2O. The van der Waals surface area contributed by atoms with Crippen LogP contribution in [0.5, 0.6) is 0 Å². The Morgan fingerprint density at radius 2 is 2.09 bits per heavy atom. The summed E-state index contributed by atoms with van der Waals surface area (Å²) in [6.45, 7) is 0. The molecule has 0 aliphatic rings. The molecule has 0 saturated heterocycles. The molecule has 4 N–H and O–H groups in total. The van der Waals surface area contributed by atoms with Crippen molar-refractivity contribution in [2.75, 3.05) is 5.73 Å². The summed E-state index contributed by atoms with van der Waals surface area (Å²) in [6.07, 6.45) is 0. The molecule has 0 heterocycles. The van der Waals surface area contributed by atoms with E-state index in [4.69, 9.17) is 11.5 Å². The van der Waals surface area contributed by atoms with E-state index in [-0.39, 0.29) is 11.3 Å². The van der Waals surface area contributed by atoms with E-state index in [9.17, 15) is 9.18 Å². The van der Waals surface area contributed by atoms with Gasteiger partial charge in [-0.05, 0) is 12.1 Å². The van der Waals surface area contributed by atoms with E-state index in [1.807, 2.05) is 0 Å². The van der Waals surface area contributed by atoms with E-state index in [0.717, 1.165) is 0 Å². The van der Waals surface area contributed by atoms with E-state index in [0.29, 0.717) is 0 Å². The molecule has 3 nitrogen and oxygen atoms in total. The van der Waals surface area contributed by atoms with Crippen LogP contribution in [0.2, 0.25) is 0 Å². The van der Waals surface area contributed by atoms with Crippen molar-refractivity contribution in [3.8, 4) is 0 Å². The summed E-state index contributed by atoms with van der Waals surface area (Å²) in [5, 5.41) is 0. The number of benzene rings is 1. The van der Waals surface area contributed by atoms with Crippen LogP contribution in [-0.2, 0) is 0 Å². The molecule has 4 heteroatoms. The highest BCUT2D eigenvalue weighted by molar-refractivity contribution is 5.97. The fourth-order valence-electron chi connectivity index (χ4n) is 0.752. The van der Waals surface area contributed by atoms with Crippen molar-refractivity contribution in [1.82, 2.24) is 0 Å². The van der Waals surface area contributed by atoms with Gasteiger partial charge in [-0.1, -0.05) is 6.07 Å². The van der Waals surface area contributed by atoms with Crippen LogP contribution < -0.4 is 11.5 Å². The van der Waals surface area contributed by atoms with Gasteiger partial charge in [0.2, 0.25) is 0 Å². The Morgan fingerprint density at radius 1 is 1.45 bits per heavy atom. The van der Waals surface area contributed by atoms with Crippen molar-refractivity contribution in [3.05, 3.63) is 29.6 Å². The van der Waals surface area contributed by atoms with Crippen LogP contribution >= 0.6 is 0 Å². The lowest BCUT2D eigenvalue weighted by atomic mass is 10.1. The lowest BCUT2D eigenvalue weighted by molar-refractivity contribution is 0.100. The number of hydrogen-bond acceptors (Lipinski definition) is 2. The van der Waals surface area contributed by atoms with Crippen molar-refractivity contribution in [2.24, 2.45) is 5.73 Å². The lowest BCUT2D eigenvalue weighted by Gasteiger charge is -2.00. The standard InChI is InChI=1S/C7H7FN2O/c8-5-3-1-2-4(6(5)9)7(10)11/h1-3H,9H2,(H2,10,11). The maximum atomic E-state index is 12.6. The number of amides is 1. The van der Waals surface area contributed by atoms with Gasteiger partial charge in [0.15, 0.2) is 0 Å². The first-order valence-corrected chi connectivity index (χ1v) is 2.96. The fourth-order valence-corrected chi connectivity index (χ4v) is 0.752. The topological polar surface area (TPSA) is 69.1 Å². The van der Waals surface area contributed by atoms with Gasteiger partial charge < -0.3 is 11.5 Å². The summed E-state index contributed by atoms with van der Waals surface area (Å²) in [5.74, 6) is -1.34. The molecule has 1 aromatic carbocycles. The van der Waals surface area contributed by atoms with Gasteiger partial charge in [0.05, 0.1) is 11.3 Å². The summed E-state index contributed by atoms with van der Waals surface area (Å²) in [7, 11) is 0. The number of rotatable bonds is 1. The van der Waals surface area contributed by atoms with Gasteiger partial charge in [-0.3, -0.25) is 4.79 Å². The normalized spacial score (nSPS) is 9.55. The van der Waals surface area contributed by atoms with Crippen molar-refractivity contribution >= 4 is 11.6 Å². The van der Waals surface area contributed by atoms with E-state index >= 15 is 0 Å². The minimum absolute atomic E-state index is 0.0185. The molecular weight excluding hydrogens is 147 g/mol. The maximum absolute atomic E-state index is 12.6. The Balaban J connectivity index is 3.27. The third-order valence-electron chi connectivity index (χ3n) is 1.32. The quantitative estimate of drug-likeness (QED) is 0.578. The monoisotopic (exact) mass is 154 g/mol. The Morgan fingerprint density at radius 3 is 2.55 bits per heavy atom. The Bertz CT molecular complexity index is 298. The van der Waals surface area contributed by atoms with Crippen LogP contribution in [0.1, 0.15) is 10.4 Å². The summed E-state index contributed by atoms with van der Waals surface area (Å²) in [5.41, 5.74) is 9.93. The second kappa shape index (κ2) is 2.57. The van der Waals surface area contributed by atoms with Crippen LogP contribution in [0.4, 0.5) is 10.1 Å². The van der Waals surface area contributed by atoms with E-state index in [2.05, 4.69) is 0 Å². The maximum Gasteiger partial charge on any atom is 0.250 e. The molecule has 11 heavy (non-hydrogen) atoms. The van der Waals surface area contributed by atoms with Gasteiger partial charge >= 0.3 is 0 Å². The number of para-hydroxylation sites is 1. The van der Waals surface area contributed by atoms with Crippen molar-refractivity contribution < 1.29 is 9.18 Å². The molecule has 0 atom stereocenters.